The van der Waals surface area contributed by atoms with Gasteiger partial charge >= 0.3 is 0 Å². The van der Waals surface area contributed by atoms with Crippen LogP contribution in [0.3, 0.4) is 0 Å². The molecule has 1 N–H and O–H groups in total. The Morgan fingerprint density at radius 3 is 2.95 bits per heavy atom. The molecule has 0 spiro atoms. The van der Waals surface area contributed by atoms with E-state index in [0.29, 0.717) is 12.5 Å². The summed E-state index contributed by atoms with van der Waals surface area (Å²) in [5, 5.41) is 3.40. The summed E-state index contributed by atoms with van der Waals surface area (Å²) in [4.78, 5) is 14.5. The molecule has 1 saturated heterocycles. The van der Waals surface area contributed by atoms with E-state index >= 15 is 0 Å². The number of carbonyl (C=O) groups excluding carboxylic acids is 1. The predicted molar refractivity (Wildman–Crippen MR) is 84.4 cm³/mol. The molecule has 1 aliphatic heterocycles. The second-order valence-corrected chi connectivity index (χ2v) is 5.63. The zero-order chi connectivity index (χ0) is 15.2. The third-order valence-corrected chi connectivity index (χ3v) is 4.29. The highest BCUT2D eigenvalue weighted by molar-refractivity contribution is 5.77. The van der Waals surface area contributed by atoms with E-state index in [1.807, 2.05) is 30.0 Å². The summed E-state index contributed by atoms with van der Waals surface area (Å²) >= 11 is 0. The van der Waals surface area contributed by atoms with Crippen molar-refractivity contribution in [1.29, 1.82) is 0 Å². The molecule has 1 aromatic rings. The molecular formula is C17H26N2O2. The minimum atomic E-state index is 0.0685. The lowest BCUT2D eigenvalue weighted by molar-refractivity contribution is -0.133. The minimum absolute atomic E-state index is 0.0685. The lowest BCUT2D eigenvalue weighted by Crippen LogP contribution is -2.37. The summed E-state index contributed by atoms with van der Waals surface area (Å²) in [6.07, 6.45) is 2.88. The average Bonchev–Trinajstić information content (AvgIpc) is 3.00. The van der Waals surface area contributed by atoms with Gasteiger partial charge in [-0.1, -0.05) is 12.1 Å². The second kappa shape index (κ2) is 7.46. The third kappa shape index (κ3) is 3.97. The number of ether oxygens (including phenoxy) is 1. The summed E-state index contributed by atoms with van der Waals surface area (Å²) in [7, 11) is 1.66. The van der Waals surface area contributed by atoms with E-state index in [2.05, 4.69) is 18.3 Å². The Morgan fingerprint density at radius 2 is 2.33 bits per heavy atom. The van der Waals surface area contributed by atoms with Gasteiger partial charge in [0.05, 0.1) is 13.2 Å². The molecule has 1 amide bonds. The van der Waals surface area contributed by atoms with E-state index < -0.39 is 0 Å². The maximum absolute atomic E-state index is 12.6. The quantitative estimate of drug-likeness (QED) is 0.876. The van der Waals surface area contributed by atoms with Crippen molar-refractivity contribution < 1.29 is 9.53 Å². The molecule has 21 heavy (non-hydrogen) atoms. The van der Waals surface area contributed by atoms with Crippen LogP contribution < -0.4 is 10.1 Å². The number of nitrogens with zero attached hydrogens (tertiary/aromatic N) is 1. The fraction of sp³-hybridized carbons (Fsp3) is 0.588. The molecule has 2 rings (SSSR count). The largest absolute Gasteiger partial charge is 0.497 e. The van der Waals surface area contributed by atoms with Crippen molar-refractivity contribution in [3.63, 3.8) is 0 Å². The van der Waals surface area contributed by atoms with Crippen LogP contribution in [0.1, 0.15) is 44.7 Å². The molecule has 0 aliphatic carbocycles. The first-order chi connectivity index (χ1) is 10.2. The van der Waals surface area contributed by atoms with Gasteiger partial charge in [-0.3, -0.25) is 4.79 Å². The monoisotopic (exact) mass is 290 g/mol. The highest BCUT2D eigenvalue weighted by atomic mass is 16.5. The van der Waals surface area contributed by atoms with Gasteiger partial charge in [-0.2, -0.15) is 0 Å². The van der Waals surface area contributed by atoms with Gasteiger partial charge in [0, 0.05) is 19.0 Å². The average molecular weight is 290 g/mol. The number of benzene rings is 1. The molecule has 4 heteroatoms. The van der Waals surface area contributed by atoms with Crippen molar-refractivity contribution in [3.8, 4) is 5.75 Å². The van der Waals surface area contributed by atoms with Gasteiger partial charge < -0.3 is 15.0 Å². The van der Waals surface area contributed by atoms with Crippen LogP contribution in [-0.2, 0) is 4.79 Å². The van der Waals surface area contributed by atoms with Crippen molar-refractivity contribution in [2.24, 2.45) is 0 Å². The Morgan fingerprint density at radius 1 is 1.52 bits per heavy atom. The zero-order valence-electron chi connectivity index (χ0n) is 13.3. The number of hydrogen-bond donors (Lipinski definition) is 1. The van der Waals surface area contributed by atoms with Gasteiger partial charge in [-0.15, -0.1) is 0 Å². The normalized spacial score (nSPS) is 19.3. The number of rotatable bonds is 6. The first kappa shape index (κ1) is 15.8. The summed E-state index contributed by atoms with van der Waals surface area (Å²) < 4.78 is 5.27. The van der Waals surface area contributed by atoms with Crippen LogP contribution in [0.5, 0.6) is 5.75 Å². The maximum atomic E-state index is 12.6. The van der Waals surface area contributed by atoms with Gasteiger partial charge in [0.1, 0.15) is 5.75 Å². The van der Waals surface area contributed by atoms with E-state index in [9.17, 15) is 4.79 Å². The minimum Gasteiger partial charge on any atom is -0.497 e. The van der Waals surface area contributed by atoms with E-state index in [-0.39, 0.29) is 11.9 Å². The smallest absolute Gasteiger partial charge is 0.224 e. The Balaban J connectivity index is 2.05. The number of hydrogen-bond acceptors (Lipinski definition) is 3. The Bertz CT molecular complexity index is 470. The molecule has 0 saturated carbocycles. The van der Waals surface area contributed by atoms with Crippen molar-refractivity contribution >= 4 is 5.91 Å². The highest BCUT2D eigenvalue weighted by Gasteiger charge is 2.24. The van der Waals surface area contributed by atoms with Crippen LogP contribution >= 0.6 is 0 Å². The van der Waals surface area contributed by atoms with Crippen LogP contribution in [0.15, 0.2) is 24.3 Å². The molecular weight excluding hydrogens is 264 g/mol. The first-order valence-corrected chi connectivity index (χ1v) is 7.82. The molecule has 0 radical (unpaired) electrons. The van der Waals surface area contributed by atoms with Crippen LogP contribution in [-0.4, -0.2) is 37.0 Å². The van der Waals surface area contributed by atoms with Crippen LogP contribution in [0, 0.1) is 0 Å². The molecule has 1 heterocycles. The van der Waals surface area contributed by atoms with Crippen LogP contribution in [0.2, 0.25) is 0 Å². The summed E-state index contributed by atoms with van der Waals surface area (Å²) in [6.45, 7) is 5.88. The van der Waals surface area contributed by atoms with Gasteiger partial charge in [-0.05, 0) is 50.9 Å². The lowest BCUT2D eigenvalue weighted by atomic mass is 10.0. The molecule has 1 aliphatic rings. The summed E-state index contributed by atoms with van der Waals surface area (Å²) in [6, 6.07) is 8.38. The highest BCUT2D eigenvalue weighted by Crippen LogP contribution is 2.25. The Labute approximate surface area is 127 Å². The number of amides is 1. The van der Waals surface area contributed by atoms with E-state index in [4.69, 9.17) is 4.74 Å². The van der Waals surface area contributed by atoms with Gasteiger partial charge in [0.25, 0.3) is 0 Å². The Hall–Kier alpha value is -1.55. The first-order valence-electron chi connectivity index (χ1n) is 7.82. The number of methoxy groups -OCH3 is 1. The van der Waals surface area contributed by atoms with Crippen molar-refractivity contribution in [2.45, 2.75) is 45.2 Å². The molecule has 2 atom stereocenters. The summed E-state index contributed by atoms with van der Waals surface area (Å²) in [5.74, 6) is 1.06. The molecule has 116 valence electrons. The van der Waals surface area contributed by atoms with Crippen LogP contribution in [0.25, 0.3) is 0 Å². The van der Waals surface area contributed by atoms with Crippen molar-refractivity contribution in [3.05, 3.63) is 29.8 Å². The van der Waals surface area contributed by atoms with Crippen molar-refractivity contribution in [2.75, 3.05) is 20.2 Å². The van der Waals surface area contributed by atoms with E-state index in [0.717, 1.165) is 30.8 Å². The van der Waals surface area contributed by atoms with Crippen molar-refractivity contribution in [1.82, 2.24) is 10.2 Å². The number of nitrogens with one attached hydrogen (secondary N) is 1. The lowest BCUT2D eigenvalue weighted by Gasteiger charge is -2.29. The summed E-state index contributed by atoms with van der Waals surface area (Å²) in [5.41, 5.74) is 1.11. The SMILES string of the molecule is CCN(C(=O)CC1CCCN1)C(C)c1cccc(OC)c1. The molecule has 1 aromatic carbocycles. The standard InChI is InChI=1S/C17H26N2O2/c1-4-19(17(20)12-15-8-6-10-18-15)13(2)14-7-5-9-16(11-14)21-3/h5,7,9,11,13,15,18H,4,6,8,10,12H2,1-3H3. The maximum Gasteiger partial charge on any atom is 0.224 e. The molecule has 4 nitrogen and oxygen atoms in total. The van der Waals surface area contributed by atoms with E-state index in [1.54, 1.807) is 7.11 Å². The van der Waals surface area contributed by atoms with Gasteiger partial charge in [-0.25, -0.2) is 0 Å². The zero-order valence-corrected chi connectivity index (χ0v) is 13.3. The third-order valence-electron chi connectivity index (χ3n) is 4.29. The predicted octanol–water partition coefficient (Wildman–Crippen LogP) is 2.75. The topological polar surface area (TPSA) is 41.6 Å². The second-order valence-electron chi connectivity index (χ2n) is 5.63. The van der Waals surface area contributed by atoms with E-state index in [1.165, 1.54) is 6.42 Å². The fourth-order valence-electron chi connectivity index (χ4n) is 3.01. The van der Waals surface area contributed by atoms with Gasteiger partial charge in [0.2, 0.25) is 5.91 Å². The molecule has 2 unspecified atom stereocenters. The fourth-order valence-corrected chi connectivity index (χ4v) is 3.01. The van der Waals surface area contributed by atoms with Crippen LogP contribution in [0.4, 0.5) is 0 Å². The molecule has 0 bridgehead atoms. The van der Waals surface area contributed by atoms with Gasteiger partial charge in [0.15, 0.2) is 0 Å². The number of carbonyl (C=O) groups is 1. The Kier molecular flexibility index (Phi) is 5.62. The molecule has 1 fully saturated rings. The molecule has 0 aromatic heterocycles.